The van der Waals surface area contributed by atoms with Crippen LogP contribution in [0.2, 0.25) is 0 Å². The van der Waals surface area contributed by atoms with Gasteiger partial charge in [0, 0.05) is 48.3 Å². The van der Waals surface area contributed by atoms with E-state index >= 15 is 0 Å². The number of ether oxygens (including phenoxy) is 2. The molecular formula is C37H31F6N5O4. The quantitative estimate of drug-likeness (QED) is 0.0389. The van der Waals surface area contributed by atoms with Crippen LogP contribution < -0.4 is 10.1 Å². The van der Waals surface area contributed by atoms with Gasteiger partial charge in [0.1, 0.15) is 11.9 Å². The van der Waals surface area contributed by atoms with Gasteiger partial charge in [0.2, 0.25) is 5.91 Å². The van der Waals surface area contributed by atoms with Crippen molar-refractivity contribution in [1.82, 2.24) is 10.2 Å². The Hall–Kier alpha value is -5.79. The Balaban J connectivity index is 1.68. The van der Waals surface area contributed by atoms with Gasteiger partial charge in [0.15, 0.2) is 5.78 Å². The maximum Gasteiger partial charge on any atom is 0.416 e. The number of carbonyl (C=O) groups excluding carboxylic acids is 2. The summed E-state index contributed by atoms with van der Waals surface area (Å²) in [5, 5.41) is 6.25. The molecule has 1 unspecified atom stereocenters. The van der Waals surface area contributed by atoms with Gasteiger partial charge < -0.3 is 19.7 Å². The number of hydrogen-bond donors (Lipinski definition) is 1. The van der Waals surface area contributed by atoms with E-state index in [2.05, 4.69) is 15.3 Å². The van der Waals surface area contributed by atoms with E-state index in [0.29, 0.717) is 64.6 Å². The van der Waals surface area contributed by atoms with Gasteiger partial charge in [0.25, 0.3) is 0 Å². The van der Waals surface area contributed by atoms with Crippen LogP contribution in [0.3, 0.4) is 0 Å². The summed E-state index contributed by atoms with van der Waals surface area (Å²) in [6, 6.07) is 20.5. The smallest absolute Gasteiger partial charge is 0.416 e. The van der Waals surface area contributed by atoms with Crippen LogP contribution in [0.25, 0.3) is 21.8 Å². The molecule has 9 nitrogen and oxygen atoms in total. The lowest BCUT2D eigenvalue weighted by molar-refractivity contribution is -0.143. The molecule has 1 aliphatic heterocycles. The first kappa shape index (κ1) is 37.5. The van der Waals surface area contributed by atoms with Crippen molar-refractivity contribution in [3.05, 3.63) is 146 Å². The average molecular weight is 724 g/mol. The third kappa shape index (κ3) is 8.56. The minimum absolute atomic E-state index is 0.0221. The van der Waals surface area contributed by atoms with E-state index in [-0.39, 0.29) is 35.9 Å². The van der Waals surface area contributed by atoms with Crippen LogP contribution in [-0.2, 0) is 23.6 Å². The van der Waals surface area contributed by atoms with Crippen molar-refractivity contribution in [3.63, 3.8) is 0 Å². The van der Waals surface area contributed by atoms with Gasteiger partial charge in [-0.25, -0.2) is 0 Å². The van der Waals surface area contributed by atoms with E-state index in [4.69, 9.17) is 15.0 Å². The lowest BCUT2D eigenvalue weighted by Gasteiger charge is -2.31. The molecule has 1 amide bonds. The van der Waals surface area contributed by atoms with Gasteiger partial charge in [-0.2, -0.15) is 26.3 Å². The zero-order chi connectivity index (χ0) is 37.6. The summed E-state index contributed by atoms with van der Waals surface area (Å²) in [5.41, 5.74) is 8.21. The molecule has 1 aliphatic rings. The number of amides is 1. The number of nitrogens with zero attached hydrogens (tertiary/aromatic N) is 4. The van der Waals surface area contributed by atoms with Crippen molar-refractivity contribution in [1.29, 1.82) is 0 Å². The average Bonchev–Trinajstić information content (AvgIpc) is 3.50. The van der Waals surface area contributed by atoms with Crippen molar-refractivity contribution >= 4 is 23.1 Å². The topological polar surface area (TPSA) is 117 Å². The van der Waals surface area contributed by atoms with E-state index in [1.165, 1.54) is 38.5 Å². The number of ketones is 1. The minimum Gasteiger partial charge on any atom is -0.497 e. The van der Waals surface area contributed by atoms with Gasteiger partial charge in [-0.15, -0.1) is 0 Å². The van der Waals surface area contributed by atoms with Crippen LogP contribution in [0.15, 0.2) is 96.1 Å². The molecule has 0 bridgehead atoms. The highest BCUT2D eigenvalue weighted by Gasteiger charge is 2.40. The Morgan fingerprint density at radius 3 is 1.94 bits per heavy atom. The molecule has 1 N–H and O–H groups in total. The molecule has 0 radical (unpaired) electrons. The van der Waals surface area contributed by atoms with Crippen molar-refractivity contribution in [2.45, 2.75) is 37.9 Å². The number of rotatable bonds is 12. The van der Waals surface area contributed by atoms with Crippen LogP contribution in [0, 0.1) is 0 Å². The highest BCUT2D eigenvalue weighted by atomic mass is 19.4. The largest absolute Gasteiger partial charge is 0.497 e. The molecule has 0 fully saturated rings. The molecule has 0 saturated carbocycles. The number of Topliss-reactive ketones (excluding diaryl/α,β-unsaturated/α-hetero) is 1. The number of methoxy groups -OCH3 is 2. The van der Waals surface area contributed by atoms with E-state index in [1.54, 1.807) is 53.4 Å². The fraction of sp³-hybridized carbons (Fsp3) is 0.243. The van der Waals surface area contributed by atoms with Crippen molar-refractivity contribution < 1.29 is 45.4 Å². The van der Waals surface area contributed by atoms with Gasteiger partial charge in [0.05, 0.1) is 29.6 Å². The Kier molecular flexibility index (Phi) is 11.3. The number of nitrogens with one attached hydrogen (secondary N) is 1. The molecule has 0 saturated heterocycles. The molecule has 0 aliphatic carbocycles. The van der Waals surface area contributed by atoms with E-state index in [1.807, 2.05) is 0 Å². The van der Waals surface area contributed by atoms with Crippen LogP contribution in [-0.4, -0.2) is 37.4 Å². The molecular weight excluding hydrogens is 692 g/mol. The van der Waals surface area contributed by atoms with Crippen molar-refractivity contribution in [2.24, 2.45) is 5.11 Å². The number of halogens is 6. The highest BCUT2D eigenvalue weighted by molar-refractivity contribution is 5.97. The van der Waals surface area contributed by atoms with E-state index < -0.39 is 35.6 Å². The number of benzene rings is 4. The second kappa shape index (κ2) is 15.6. The van der Waals surface area contributed by atoms with Crippen LogP contribution in [0.1, 0.15) is 73.1 Å². The second-order valence-electron chi connectivity index (χ2n) is 11.8. The minimum atomic E-state index is -5.09. The van der Waals surface area contributed by atoms with Crippen LogP contribution in [0.4, 0.5) is 26.3 Å². The zero-order valence-corrected chi connectivity index (χ0v) is 27.8. The Bertz CT molecular complexity index is 1970. The summed E-state index contributed by atoms with van der Waals surface area (Å²) < 4.78 is 94.7. The molecule has 1 atom stereocenters. The lowest BCUT2D eigenvalue weighted by Crippen LogP contribution is -2.29. The molecule has 0 aromatic heterocycles. The summed E-state index contributed by atoms with van der Waals surface area (Å²) in [7, 11) is 3.00. The standard InChI is InChI=1S/C37H31F6N5O4/c1-51-17-3-4-31(49)23-7-5-22(6-8-23)21-48-33(25-13-15-30(52-2)16-14-25)32(24-9-11-26(12-10-24)35(50)46-47-44)45-34(48)27-18-28(36(38,39)40)20-29(19-27)37(41,42)43/h5-16,18-20,34,45H,3-4,17,21H2,1-2H3. The highest BCUT2D eigenvalue weighted by Crippen LogP contribution is 2.45. The van der Waals surface area contributed by atoms with E-state index in [9.17, 15) is 35.9 Å². The van der Waals surface area contributed by atoms with Gasteiger partial charge in [-0.1, -0.05) is 48.5 Å². The third-order valence-corrected chi connectivity index (χ3v) is 8.34. The second-order valence-corrected chi connectivity index (χ2v) is 11.8. The van der Waals surface area contributed by atoms with Crippen molar-refractivity contribution in [3.8, 4) is 5.75 Å². The van der Waals surface area contributed by atoms with Crippen LogP contribution >= 0.6 is 0 Å². The van der Waals surface area contributed by atoms with Crippen molar-refractivity contribution in [2.75, 3.05) is 20.8 Å². The molecule has 4 aromatic rings. The number of carbonyl (C=O) groups is 2. The summed E-state index contributed by atoms with van der Waals surface area (Å²) in [6.07, 6.45) is -10.7. The predicted molar refractivity (Wildman–Crippen MR) is 179 cm³/mol. The monoisotopic (exact) mass is 723 g/mol. The van der Waals surface area contributed by atoms with Gasteiger partial charge in [-0.05, 0) is 76.2 Å². The number of azide groups is 1. The molecule has 270 valence electrons. The maximum absolute atomic E-state index is 14.1. The fourth-order valence-electron chi connectivity index (χ4n) is 5.80. The molecule has 5 rings (SSSR count). The maximum atomic E-state index is 14.1. The molecule has 4 aromatic carbocycles. The van der Waals surface area contributed by atoms with Gasteiger partial charge >= 0.3 is 12.4 Å². The summed E-state index contributed by atoms with van der Waals surface area (Å²) in [4.78, 5) is 29.0. The third-order valence-electron chi connectivity index (χ3n) is 8.34. The number of alkyl halides is 6. The van der Waals surface area contributed by atoms with Crippen LogP contribution in [0.5, 0.6) is 5.75 Å². The Morgan fingerprint density at radius 2 is 1.40 bits per heavy atom. The summed E-state index contributed by atoms with van der Waals surface area (Å²) >= 11 is 0. The van der Waals surface area contributed by atoms with E-state index in [0.717, 1.165) is 0 Å². The first-order chi connectivity index (χ1) is 24.7. The first-order valence-corrected chi connectivity index (χ1v) is 15.8. The molecule has 0 spiro atoms. The normalized spacial score (nSPS) is 14.5. The first-order valence-electron chi connectivity index (χ1n) is 15.8. The molecule has 15 heteroatoms. The Morgan fingerprint density at radius 1 is 0.827 bits per heavy atom. The fourth-order valence-corrected chi connectivity index (χ4v) is 5.80. The summed E-state index contributed by atoms with van der Waals surface area (Å²) in [5.74, 6) is -0.461. The molecule has 1 heterocycles. The Labute approximate surface area is 294 Å². The zero-order valence-electron chi connectivity index (χ0n) is 27.8. The molecule has 52 heavy (non-hydrogen) atoms. The predicted octanol–water partition coefficient (Wildman–Crippen LogP) is 9.42. The SMILES string of the molecule is COCCCC(=O)c1ccc(CN2C(c3ccc(OC)cc3)=C(c3ccc(C(=O)N=[N+]=[N-])cc3)NC2c2cc(C(F)(F)F)cc(C(F)(F)F)c2)cc1. The lowest BCUT2D eigenvalue weighted by atomic mass is 10.0. The van der Waals surface area contributed by atoms with Gasteiger partial charge in [-0.3, -0.25) is 9.59 Å². The number of hydrogen-bond acceptors (Lipinski definition) is 6. The summed E-state index contributed by atoms with van der Waals surface area (Å²) in [6.45, 7) is 0.389.